The van der Waals surface area contributed by atoms with Gasteiger partial charge in [-0.3, -0.25) is 8.75 Å². The fraction of sp³-hybridized carbons (Fsp3) is 0.417. The van der Waals surface area contributed by atoms with Crippen LogP contribution in [-0.2, 0) is 17.1 Å². The van der Waals surface area contributed by atoms with Crippen molar-refractivity contribution in [2.75, 3.05) is 26.3 Å². The Hall–Kier alpha value is -1.26. The van der Waals surface area contributed by atoms with Gasteiger partial charge in [0.15, 0.2) is 0 Å². The minimum atomic E-state index is -3.85. The molecule has 2 N–H and O–H groups in total. The van der Waals surface area contributed by atoms with Crippen LogP contribution in [-0.4, -0.2) is 53.2 Å². The second-order valence-electron chi connectivity index (χ2n) is 4.41. The molecule has 9 heteroatoms. The third-order valence-corrected chi connectivity index (χ3v) is 5.83. The minimum absolute atomic E-state index is 0.0209. The standard InChI is InChI=1S/C12H16N2O5S2/c1-13-11-3-2-9(8-10(11)12(17)20-13)21(18,19)14(4-6-15)5-7-16/h2-3,8,15-16H,4-7H2,1H3. The molecule has 7 nitrogen and oxygen atoms in total. The summed E-state index contributed by atoms with van der Waals surface area (Å²) in [6.07, 6.45) is 0. The van der Waals surface area contributed by atoms with E-state index < -0.39 is 10.0 Å². The van der Waals surface area contributed by atoms with E-state index in [0.29, 0.717) is 10.9 Å². The molecule has 2 aromatic rings. The van der Waals surface area contributed by atoms with Crippen molar-refractivity contribution < 1.29 is 18.6 Å². The van der Waals surface area contributed by atoms with Crippen LogP contribution in [0.4, 0.5) is 0 Å². The molecule has 0 saturated carbocycles. The van der Waals surface area contributed by atoms with E-state index in [1.54, 1.807) is 17.1 Å². The van der Waals surface area contributed by atoms with Crippen LogP contribution in [0.25, 0.3) is 10.9 Å². The number of rotatable bonds is 6. The minimum Gasteiger partial charge on any atom is -0.395 e. The summed E-state index contributed by atoms with van der Waals surface area (Å²) >= 11 is 1.00. The van der Waals surface area contributed by atoms with Crippen molar-refractivity contribution in [3.05, 3.63) is 27.7 Å². The van der Waals surface area contributed by atoms with Crippen LogP contribution in [0, 0.1) is 0 Å². The molecule has 0 bridgehead atoms. The topological polar surface area (TPSA) is 99.8 Å². The monoisotopic (exact) mass is 332 g/mol. The maximum Gasteiger partial charge on any atom is 0.257 e. The summed E-state index contributed by atoms with van der Waals surface area (Å²) in [4.78, 5) is 11.8. The van der Waals surface area contributed by atoms with Crippen LogP contribution in [0.1, 0.15) is 0 Å². The van der Waals surface area contributed by atoms with E-state index in [1.165, 1.54) is 12.1 Å². The van der Waals surface area contributed by atoms with Crippen molar-refractivity contribution in [1.82, 2.24) is 8.26 Å². The van der Waals surface area contributed by atoms with Gasteiger partial charge in [-0.2, -0.15) is 4.31 Å². The van der Waals surface area contributed by atoms with Crippen LogP contribution in [0.5, 0.6) is 0 Å². The molecule has 0 saturated heterocycles. The van der Waals surface area contributed by atoms with Gasteiger partial charge in [-0.1, -0.05) is 0 Å². The lowest BCUT2D eigenvalue weighted by atomic mass is 10.2. The highest BCUT2D eigenvalue weighted by molar-refractivity contribution is 7.89. The van der Waals surface area contributed by atoms with Gasteiger partial charge in [-0.15, -0.1) is 0 Å². The summed E-state index contributed by atoms with van der Waals surface area (Å²) in [5, 5.41) is 18.3. The summed E-state index contributed by atoms with van der Waals surface area (Å²) in [7, 11) is -2.13. The molecule has 21 heavy (non-hydrogen) atoms. The molecular formula is C12H16N2O5S2. The molecule has 116 valence electrons. The molecular weight excluding hydrogens is 316 g/mol. The van der Waals surface area contributed by atoms with Gasteiger partial charge >= 0.3 is 0 Å². The zero-order valence-electron chi connectivity index (χ0n) is 11.4. The normalized spacial score (nSPS) is 12.4. The fourth-order valence-corrected chi connectivity index (χ4v) is 4.28. The zero-order valence-corrected chi connectivity index (χ0v) is 13.0. The highest BCUT2D eigenvalue weighted by atomic mass is 32.2. The van der Waals surface area contributed by atoms with E-state index >= 15 is 0 Å². The van der Waals surface area contributed by atoms with E-state index in [-0.39, 0.29) is 35.9 Å². The number of hydrogen-bond donors (Lipinski definition) is 2. The first-order valence-electron chi connectivity index (χ1n) is 6.23. The van der Waals surface area contributed by atoms with Crippen LogP contribution in [0.15, 0.2) is 27.9 Å². The summed E-state index contributed by atoms with van der Waals surface area (Å²) in [6.45, 7) is -0.908. The first-order valence-corrected chi connectivity index (χ1v) is 8.45. The molecule has 0 amide bonds. The molecule has 1 aromatic heterocycles. The summed E-state index contributed by atoms with van der Waals surface area (Å²) < 4.78 is 27.4. The molecule has 0 spiro atoms. The van der Waals surface area contributed by atoms with E-state index in [1.807, 2.05) is 0 Å². The van der Waals surface area contributed by atoms with E-state index in [9.17, 15) is 13.2 Å². The number of aliphatic hydroxyl groups excluding tert-OH is 2. The van der Waals surface area contributed by atoms with Crippen LogP contribution >= 0.6 is 11.5 Å². The van der Waals surface area contributed by atoms with Gasteiger partial charge in [0.05, 0.1) is 29.0 Å². The Bertz CT molecular complexity index is 788. The van der Waals surface area contributed by atoms with Crippen LogP contribution in [0.2, 0.25) is 0 Å². The molecule has 0 aliphatic heterocycles. The van der Waals surface area contributed by atoms with Crippen molar-refractivity contribution in [2.45, 2.75) is 4.90 Å². The average molecular weight is 332 g/mol. The largest absolute Gasteiger partial charge is 0.395 e. The first-order chi connectivity index (χ1) is 9.91. The maximum atomic E-state index is 12.5. The summed E-state index contributed by atoms with van der Waals surface area (Å²) in [5.41, 5.74) is 0.666. The molecule has 0 fully saturated rings. The van der Waals surface area contributed by atoms with Gasteiger partial charge in [0.25, 0.3) is 4.74 Å². The molecule has 2 rings (SSSR count). The fourth-order valence-electron chi connectivity index (χ4n) is 2.06. The molecule has 0 aliphatic carbocycles. The number of nitrogens with zero attached hydrogens (tertiary/aromatic N) is 2. The predicted octanol–water partition coefficient (Wildman–Crippen LogP) is -0.425. The molecule has 1 aromatic carbocycles. The Morgan fingerprint density at radius 2 is 1.86 bits per heavy atom. The molecule has 0 radical (unpaired) electrons. The number of aliphatic hydroxyl groups is 2. The predicted molar refractivity (Wildman–Crippen MR) is 80.0 cm³/mol. The van der Waals surface area contributed by atoms with Gasteiger partial charge in [0.2, 0.25) is 10.0 Å². The maximum absolute atomic E-state index is 12.5. The SMILES string of the molecule is Cn1sc(=O)c2cc(S(=O)(=O)N(CCO)CCO)ccc21. The van der Waals surface area contributed by atoms with Crippen molar-refractivity contribution >= 4 is 32.5 Å². The number of aryl methyl sites for hydroxylation is 1. The molecule has 1 heterocycles. The van der Waals surface area contributed by atoms with Crippen molar-refractivity contribution in [2.24, 2.45) is 7.05 Å². The number of benzene rings is 1. The Labute approximate surface area is 125 Å². The number of fused-ring (bicyclic) bond motifs is 1. The van der Waals surface area contributed by atoms with E-state index in [2.05, 4.69) is 0 Å². The van der Waals surface area contributed by atoms with E-state index in [0.717, 1.165) is 15.8 Å². The number of aromatic nitrogens is 1. The van der Waals surface area contributed by atoms with Gasteiger partial charge in [-0.25, -0.2) is 8.42 Å². The highest BCUT2D eigenvalue weighted by Crippen LogP contribution is 2.21. The summed E-state index contributed by atoms with van der Waals surface area (Å²) in [5.74, 6) is 0. The Morgan fingerprint density at radius 1 is 1.24 bits per heavy atom. The first kappa shape index (κ1) is 16.1. The van der Waals surface area contributed by atoms with Crippen LogP contribution < -0.4 is 4.74 Å². The Balaban J connectivity index is 2.53. The quantitative estimate of drug-likeness (QED) is 0.748. The van der Waals surface area contributed by atoms with Crippen molar-refractivity contribution in [3.63, 3.8) is 0 Å². The molecule has 0 unspecified atom stereocenters. The van der Waals surface area contributed by atoms with Gasteiger partial charge < -0.3 is 10.2 Å². The lowest BCUT2D eigenvalue weighted by Gasteiger charge is -2.20. The third kappa shape index (κ3) is 3.01. The van der Waals surface area contributed by atoms with Gasteiger partial charge in [0, 0.05) is 20.1 Å². The van der Waals surface area contributed by atoms with Gasteiger partial charge in [-0.05, 0) is 29.7 Å². The second kappa shape index (κ2) is 6.24. The molecule has 0 atom stereocenters. The Morgan fingerprint density at radius 3 is 2.43 bits per heavy atom. The van der Waals surface area contributed by atoms with E-state index in [4.69, 9.17) is 10.2 Å². The van der Waals surface area contributed by atoms with Gasteiger partial charge in [0.1, 0.15) is 0 Å². The zero-order chi connectivity index (χ0) is 15.6. The lowest BCUT2D eigenvalue weighted by molar-refractivity contribution is 0.217. The van der Waals surface area contributed by atoms with Crippen LogP contribution in [0.3, 0.4) is 0 Å². The number of sulfonamides is 1. The highest BCUT2D eigenvalue weighted by Gasteiger charge is 2.24. The second-order valence-corrected chi connectivity index (χ2v) is 7.45. The lowest BCUT2D eigenvalue weighted by Crippen LogP contribution is -2.35. The smallest absolute Gasteiger partial charge is 0.257 e. The van der Waals surface area contributed by atoms with Crippen molar-refractivity contribution in [3.8, 4) is 0 Å². The number of hydrogen-bond acceptors (Lipinski definition) is 6. The van der Waals surface area contributed by atoms with Crippen molar-refractivity contribution in [1.29, 1.82) is 0 Å². The summed E-state index contributed by atoms with van der Waals surface area (Å²) in [6, 6.07) is 4.34. The Kier molecular flexibility index (Phi) is 4.79. The average Bonchev–Trinajstić information content (AvgIpc) is 2.73. The third-order valence-electron chi connectivity index (χ3n) is 3.08. The molecule has 0 aliphatic rings.